The van der Waals surface area contributed by atoms with Crippen LogP contribution in [0.1, 0.15) is 23.7 Å². The summed E-state index contributed by atoms with van der Waals surface area (Å²) in [5.74, 6) is 0.590. The summed E-state index contributed by atoms with van der Waals surface area (Å²) in [6, 6.07) is 21.1. The van der Waals surface area contributed by atoms with E-state index in [2.05, 4.69) is 10.3 Å². The summed E-state index contributed by atoms with van der Waals surface area (Å²) in [5.41, 5.74) is 1.76. The smallest absolute Gasteiger partial charge is 0.347 e. The largest absolute Gasteiger partial charge is 0.494 e. The highest BCUT2D eigenvalue weighted by atomic mass is 16.5. The van der Waals surface area contributed by atoms with Gasteiger partial charge in [0.05, 0.1) is 17.5 Å². The molecule has 0 saturated carbocycles. The Morgan fingerprint density at radius 2 is 1.87 bits per heavy atom. The van der Waals surface area contributed by atoms with Gasteiger partial charge in [-0.25, -0.2) is 9.78 Å². The van der Waals surface area contributed by atoms with Gasteiger partial charge in [-0.15, -0.1) is 0 Å². The number of nitrogens with one attached hydrogen (secondary N) is 1. The first-order valence-electron chi connectivity index (χ1n) is 9.68. The van der Waals surface area contributed by atoms with Crippen LogP contribution in [-0.4, -0.2) is 17.5 Å². The number of aromatic nitrogens is 1. The molecule has 1 aromatic heterocycles. The lowest BCUT2D eigenvalue weighted by atomic mass is 10.1. The van der Waals surface area contributed by atoms with E-state index < -0.39 is 5.63 Å². The maximum Gasteiger partial charge on any atom is 0.347 e. The molecule has 0 saturated heterocycles. The van der Waals surface area contributed by atoms with Crippen molar-refractivity contribution < 1.29 is 13.9 Å². The van der Waals surface area contributed by atoms with Gasteiger partial charge < -0.3 is 14.5 Å². The van der Waals surface area contributed by atoms with Crippen molar-refractivity contribution in [3.63, 3.8) is 0 Å². The van der Waals surface area contributed by atoms with Gasteiger partial charge >= 0.3 is 5.63 Å². The van der Waals surface area contributed by atoms with E-state index in [1.165, 1.54) is 0 Å². The van der Waals surface area contributed by atoms with Crippen LogP contribution >= 0.6 is 0 Å². The summed E-state index contributed by atoms with van der Waals surface area (Å²) < 4.78 is 11.0. The van der Waals surface area contributed by atoms with Crippen LogP contribution < -0.4 is 15.7 Å². The van der Waals surface area contributed by atoms with Crippen LogP contribution in [0, 0.1) is 0 Å². The average Bonchev–Trinajstić information content (AvgIpc) is 2.78. The molecule has 1 amide bonds. The van der Waals surface area contributed by atoms with Crippen LogP contribution in [-0.2, 0) is 0 Å². The molecule has 0 aliphatic rings. The van der Waals surface area contributed by atoms with Gasteiger partial charge in [0.15, 0.2) is 0 Å². The average molecular weight is 400 g/mol. The van der Waals surface area contributed by atoms with Crippen LogP contribution in [0.5, 0.6) is 5.75 Å². The molecule has 6 nitrogen and oxygen atoms in total. The molecule has 1 heterocycles. The molecule has 0 bridgehead atoms. The molecule has 0 spiro atoms. The maximum atomic E-state index is 12.7. The van der Waals surface area contributed by atoms with E-state index in [1.807, 2.05) is 19.1 Å². The van der Waals surface area contributed by atoms with Crippen LogP contribution in [0.15, 0.2) is 82.0 Å². The van der Waals surface area contributed by atoms with E-state index in [0.717, 1.165) is 6.42 Å². The van der Waals surface area contributed by atoms with Gasteiger partial charge in [0.2, 0.25) is 5.89 Å². The van der Waals surface area contributed by atoms with E-state index in [9.17, 15) is 9.59 Å². The van der Waals surface area contributed by atoms with Gasteiger partial charge in [0, 0.05) is 16.8 Å². The van der Waals surface area contributed by atoms with Gasteiger partial charge in [-0.1, -0.05) is 31.2 Å². The SMILES string of the molecule is CCCOc1cccc(C(=O)Nc2cccc(-c3nc4ccccc4c(=O)o3)c2)c1. The third-order valence-corrected chi connectivity index (χ3v) is 4.47. The number of rotatable bonds is 6. The van der Waals surface area contributed by atoms with E-state index in [0.29, 0.717) is 40.1 Å². The molecule has 0 unspecified atom stereocenters. The zero-order valence-corrected chi connectivity index (χ0v) is 16.4. The van der Waals surface area contributed by atoms with Gasteiger partial charge in [0.25, 0.3) is 5.91 Å². The fraction of sp³-hybridized carbons (Fsp3) is 0.125. The molecule has 4 rings (SSSR count). The third kappa shape index (κ3) is 4.22. The lowest BCUT2D eigenvalue weighted by Crippen LogP contribution is -2.12. The second-order valence-electron chi connectivity index (χ2n) is 6.73. The van der Waals surface area contributed by atoms with E-state index >= 15 is 0 Å². The number of carbonyl (C=O) groups is 1. The van der Waals surface area contributed by atoms with Crippen molar-refractivity contribution >= 4 is 22.5 Å². The Kier molecular flexibility index (Phi) is 5.57. The molecule has 4 aromatic rings. The van der Waals surface area contributed by atoms with Crippen molar-refractivity contribution in [2.45, 2.75) is 13.3 Å². The van der Waals surface area contributed by atoms with E-state index in [4.69, 9.17) is 9.15 Å². The first-order chi connectivity index (χ1) is 14.6. The van der Waals surface area contributed by atoms with Crippen LogP contribution in [0.3, 0.4) is 0 Å². The highest BCUT2D eigenvalue weighted by Crippen LogP contribution is 2.23. The lowest BCUT2D eigenvalue weighted by Gasteiger charge is -2.09. The summed E-state index contributed by atoms with van der Waals surface area (Å²) in [7, 11) is 0. The van der Waals surface area contributed by atoms with Crippen molar-refractivity contribution in [2.75, 3.05) is 11.9 Å². The summed E-state index contributed by atoms with van der Waals surface area (Å²) >= 11 is 0. The molecule has 1 N–H and O–H groups in total. The van der Waals surface area contributed by atoms with Crippen molar-refractivity contribution in [3.8, 4) is 17.2 Å². The second-order valence-corrected chi connectivity index (χ2v) is 6.73. The summed E-state index contributed by atoms with van der Waals surface area (Å²) in [4.78, 5) is 29.3. The fourth-order valence-electron chi connectivity index (χ4n) is 3.02. The minimum Gasteiger partial charge on any atom is -0.494 e. The number of nitrogens with zero attached hydrogens (tertiary/aromatic N) is 1. The standard InChI is InChI=1S/C24H20N2O4/c1-2-13-29-19-10-6-7-16(15-19)22(27)25-18-9-5-8-17(14-18)23-26-21-12-4-3-11-20(21)24(28)30-23/h3-12,14-15H,2,13H2,1H3,(H,25,27). The quantitative estimate of drug-likeness (QED) is 0.498. The number of anilines is 1. The molecule has 0 radical (unpaired) electrons. The molecule has 150 valence electrons. The Morgan fingerprint density at radius 1 is 1.03 bits per heavy atom. The molecule has 0 atom stereocenters. The minimum atomic E-state index is -0.450. The highest BCUT2D eigenvalue weighted by Gasteiger charge is 2.11. The Labute approximate surface area is 173 Å². The Morgan fingerprint density at radius 3 is 2.73 bits per heavy atom. The maximum absolute atomic E-state index is 12.7. The molecule has 30 heavy (non-hydrogen) atoms. The van der Waals surface area contributed by atoms with Gasteiger partial charge in [0.1, 0.15) is 5.75 Å². The Bertz CT molecular complexity index is 1260. The zero-order valence-electron chi connectivity index (χ0n) is 16.4. The normalized spacial score (nSPS) is 10.7. The number of hydrogen-bond donors (Lipinski definition) is 1. The molecule has 0 fully saturated rings. The van der Waals surface area contributed by atoms with Crippen molar-refractivity contribution in [1.82, 2.24) is 4.98 Å². The molecular formula is C24H20N2O4. The molecular weight excluding hydrogens is 380 g/mol. The van der Waals surface area contributed by atoms with Crippen LogP contribution in [0.4, 0.5) is 5.69 Å². The number of amides is 1. The summed E-state index contributed by atoms with van der Waals surface area (Å²) in [6.45, 7) is 2.62. The Balaban J connectivity index is 1.58. The zero-order chi connectivity index (χ0) is 20.9. The van der Waals surface area contributed by atoms with E-state index in [1.54, 1.807) is 60.7 Å². The van der Waals surface area contributed by atoms with Gasteiger partial charge in [-0.3, -0.25) is 4.79 Å². The van der Waals surface area contributed by atoms with Crippen molar-refractivity contribution in [1.29, 1.82) is 0 Å². The van der Waals surface area contributed by atoms with Gasteiger partial charge in [-0.05, 0) is 55.0 Å². The van der Waals surface area contributed by atoms with Crippen LogP contribution in [0.25, 0.3) is 22.4 Å². The van der Waals surface area contributed by atoms with E-state index in [-0.39, 0.29) is 11.8 Å². The number of para-hydroxylation sites is 1. The number of ether oxygens (including phenoxy) is 1. The number of hydrogen-bond acceptors (Lipinski definition) is 5. The summed E-state index contributed by atoms with van der Waals surface area (Å²) in [5, 5.41) is 3.29. The molecule has 6 heteroatoms. The predicted molar refractivity (Wildman–Crippen MR) is 116 cm³/mol. The highest BCUT2D eigenvalue weighted by molar-refractivity contribution is 6.04. The predicted octanol–water partition coefficient (Wildman–Crippen LogP) is 4.90. The third-order valence-electron chi connectivity index (χ3n) is 4.47. The monoisotopic (exact) mass is 400 g/mol. The van der Waals surface area contributed by atoms with Crippen molar-refractivity contribution in [2.24, 2.45) is 0 Å². The lowest BCUT2D eigenvalue weighted by molar-refractivity contribution is 0.102. The fourth-order valence-corrected chi connectivity index (χ4v) is 3.02. The topological polar surface area (TPSA) is 81.4 Å². The number of carbonyl (C=O) groups excluding carboxylic acids is 1. The van der Waals surface area contributed by atoms with Crippen LogP contribution in [0.2, 0.25) is 0 Å². The summed E-state index contributed by atoms with van der Waals surface area (Å²) in [6.07, 6.45) is 0.891. The second kappa shape index (κ2) is 8.61. The molecule has 0 aliphatic heterocycles. The molecule has 0 aliphatic carbocycles. The minimum absolute atomic E-state index is 0.199. The van der Waals surface area contributed by atoms with Crippen molar-refractivity contribution in [3.05, 3.63) is 88.8 Å². The van der Waals surface area contributed by atoms with Gasteiger partial charge in [-0.2, -0.15) is 0 Å². The number of fused-ring (bicyclic) bond motifs is 1. The number of benzene rings is 3. The first kappa shape index (κ1) is 19.4. The Hall–Kier alpha value is -3.93. The molecule has 3 aromatic carbocycles. The first-order valence-corrected chi connectivity index (χ1v) is 9.68.